The molecule has 0 radical (unpaired) electrons. The first-order valence-electron chi connectivity index (χ1n) is 13.5. The standard InChI is InChI=1S/C27H37BrClFN6O2/c1-15-14-36(26(37)38-27(3,4)5)16(2)13-35(15)24-19-12-20(29)21(28)22(30)23(19)32-25(33-24)31-17-8-10-34(11-9-17)18-6-7-18/h12,15-18H,6-11,13-14H2,1-5H3,(H,31,32,33). The lowest BCUT2D eigenvalue weighted by Gasteiger charge is -2.45. The van der Waals surface area contributed by atoms with E-state index in [-0.39, 0.29) is 39.2 Å². The molecule has 1 aromatic heterocycles. The Morgan fingerprint density at radius 1 is 1.13 bits per heavy atom. The number of benzene rings is 1. The number of amides is 1. The van der Waals surface area contributed by atoms with E-state index in [1.54, 1.807) is 11.0 Å². The molecule has 2 atom stereocenters. The van der Waals surface area contributed by atoms with E-state index in [0.29, 0.717) is 30.2 Å². The van der Waals surface area contributed by atoms with E-state index in [1.807, 2.05) is 34.6 Å². The first kappa shape index (κ1) is 27.6. The maximum atomic E-state index is 15.5. The number of carbonyl (C=O) groups excluding carboxylic acids is 1. The molecule has 8 nitrogen and oxygen atoms in total. The predicted molar refractivity (Wildman–Crippen MR) is 153 cm³/mol. The van der Waals surface area contributed by atoms with E-state index in [2.05, 4.69) is 36.0 Å². The fraction of sp³-hybridized carbons (Fsp3) is 0.667. The third-order valence-electron chi connectivity index (χ3n) is 7.62. The summed E-state index contributed by atoms with van der Waals surface area (Å²) in [4.78, 5) is 28.9. The lowest BCUT2D eigenvalue weighted by molar-refractivity contribution is 0.0130. The molecule has 1 N–H and O–H groups in total. The maximum absolute atomic E-state index is 15.5. The van der Waals surface area contributed by atoms with Gasteiger partial charge in [-0.15, -0.1) is 0 Å². The van der Waals surface area contributed by atoms with Gasteiger partial charge in [-0.2, -0.15) is 4.98 Å². The van der Waals surface area contributed by atoms with Crippen molar-refractivity contribution in [2.24, 2.45) is 0 Å². The van der Waals surface area contributed by atoms with E-state index < -0.39 is 11.4 Å². The van der Waals surface area contributed by atoms with Gasteiger partial charge in [0.25, 0.3) is 0 Å². The largest absolute Gasteiger partial charge is 0.444 e. The van der Waals surface area contributed by atoms with E-state index >= 15 is 4.39 Å². The molecule has 2 aromatic rings. The van der Waals surface area contributed by atoms with Crippen LogP contribution in [-0.4, -0.2) is 81.8 Å². The fourth-order valence-corrected chi connectivity index (χ4v) is 5.96. The number of anilines is 2. The number of aromatic nitrogens is 2. The summed E-state index contributed by atoms with van der Waals surface area (Å²) in [5.41, 5.74) is -0.351. The molecular weight excluding hydrogens is 575 g/mol. The highest BCUT2D eigenvalue weighted by molar-refractivity contribution is 9.10. The maximum Gasteiger partial charge on any atom is 0.410 e. The quantitative estimate of drug-likeness (QED) is 0.422. The molecule has 0 spiro atoms. The Balaban J connectivity index is 1.44. The van der Waals surface area contributed by atoms with Gasteiger partial charge in [0.15, 0.2) is 5.82 Å². The first-order chi connectivity index (χ1) is 17.9. The average Bonchev–Trinajstić information content (AvgIpc) is 3.69. The molecule has 2 aliphatic heterocycles. The van der Waals surface area contributed by atoms with Gasteiger partial charge in [0.1, 0.15) is 16.9 Å². The summed E-state index contributed by atoms with van der Waals surface area (Å²) in [6.07, 6.45) is 4.29. The van der Waals surface area contributed by atoms with Gasteiger partial charge in [0.2, 0.25) is 5.95 Å². The van der Waals surface area contributed by atoms with Gasteiger partial charge in [0, 0.05) is 55.7 Å². The fourth-order valence-electron chi connectivity index (χ4n) is 5.47. The number of piperidine rings is 1. The molecule has 2 saturated heterocycles. The van der Waals surface area contributed by atoms with E-state index in [9.17, 15) is 4.79 Å². The lowest BCUT2D eigenvalue weighted by Crippen LogP contribution is -2.59. The number of likely N-dealkylation sites (tertiary alicyclic amines) is 1. The Kier molecular flexibility index (Phi) is 7.70. The van der Waals surface area contributed by atoms with Crippen LogP contribution >= 0.6 is 27.5 Å². The summed E-state index contributed by atoms with van der Waals surface area (Å²) in [6, 6.07) is 2.49. The molecule has 2 unspecified atom stereocenters. The van der Waals surface area contributed by atoms with Crippen molar-refractivity contribution in [3.8, 4) is 0 Å². The van der Waals surface area contributed by atoms with Crippen LogP contribution in [0.4, 0.5) is 21.0 Å². The molecule has 1 aromatic carbocycles. The van der Waals surface area contributed by atoms with Gasteiger partial charge in [-0.1, -0.05) is 11.6 Å². The van der Waals surface area contributed by atoms with Gasteiger partial charge in [-0.05, 0) is 82.3 Å². The Hall–Kier alpha value is -1.91. The molecule has 3 heterocycles. The molecule has 3 fully saturated rings. The average molecular weight is 612 g/mol. The Bertz CT molecular complexity index is 1210. The SMILES string of the molecule is CC1CN(c2nc(NC3CCN(C4CC4)CC3)nc3c(F)c(Br)c(Cl)cc23)C(C)CN1C(=O)OC(C)(C)C. The lowest BCUT2D eigenvalue weighted by atomic mass is 10.1. The van der Waals surface area contributed by atoms with Crippen LogP contribution in [0.3, 0.4) is 0 Å². The number of hydrogen-bond acceptors (Lipinski definition) is 7. The molecular formula is C27H37BrClFN6O2. The summed E-state index contributed by atoms with van der Waals surface area (Å²) in [6.45, 7) is 12.7. The van der Waals surface area contributed by atoms with Crippen molar-refractivity contribution in [2.45, 2.75) is 90.1 Å². The third kappa shape index (κ3) is 5.82. The zero-order valence-electron chi connectivity index (χ0n) is 22.7. The summed E-state index contributed by atoms with van der Waals surface area (Å²) in [5.74, 6) is 0.528. The molecule has 5 rings (SSSR count). The summed E-state index contributed by atoms with van der Waals surface area (Å²) < 4.78 is 21.3. The number of hydrogen-bond donors (Lipinski definition) is 1. The second kappa shape index (κ2) is 10.6. The van der Waals surface area contributed by atoms with Crippen LogP contribution in [0.5, 0.6) is 0 Å². The number of rotatable bonds is 4. The second-order valence-electron chi connectivity index (χ2n) is 11.9. The normalized spacial score (nSPS) is 23.7. The van der Waals surface area contributed by atoms with E-state index in [1.165, 1.54) is 12.8 Å². The molecule has 11 heteroatoms. The van der Waals surface area contributed by atoms with Crippen molar-refractivity contribution >= 4 is 56.3 Å². The van der Waals surface area contributed by atoms with Gasteiger partial charge in [-0.3, -0.25) is 0 Å². The van der Waals surface area contributed by atoms with Crippen molar-refractivity contribution in [2.75, 3.05) is 36.4 Å². The van der Waals surface area contributed by atoms with Crippen LogP contribution in [0.1, 0.15) is 60.3 Å². The number of nitrogens with zero attached hydrogens (tertiary/aromatic N) is 5. The Morgan fingerprint density at radius 3 is 2.45 bits per heavy atom. The minimum Gasteiger partial charge on any atom is -0.444 e. The van der Waals surface area contributed by atoms with Crippen LogP contribution in [-0.2, 0) is 4.74 Å². The van der Waals surface area contributed by atoms with Crippen molar-refractivity contribution in [1.29, 1.82) is 0 Å². The van der Waals surface area contributed by atoms with Gasteiger partial charge < -0.3 is 24.8 Å². The van der Waals surface area contributed by atoms with Crippen LogP contribution in [0, 0.1) is 5.82 Å². The number of halogens is 3. The zero-order valence-corrected chi connectivity index (χ0v) is 25.1. The highest BCUT2D eigenvalue weighted by atomic mass is 79.9. The summed E-state index contributed by atoms with van der Waals surface area (Å²) in [5, 5.41) is 4.31. The van der Waals surface area contributed by atoms with Crippen LogP contribution in [0.2, 0.25) is 5.02 Å². The molecule has 208 valence electrons. The van der Waals surface area contributed by atoms with Crippen molar-refractivity contribution < 1.29 is 13.9 Å². The molecule has 0 bridgehead atoms. The number of carbonyl (C=O) groups is 1. The smallest absolute Gasteiger partial charge is 0.410 e. The van der Waals surface area contributed by atoms with Crippen molar-refractivity contribution in [3.63, 3.8) is 0 Å². The zero-order chi connectivity index (χ0) is 27.4. The predicted octanol–water partition coefficient (Wildman–Crippen LogP) is 6.06. The van der Waals surface area contributed by atoms with Gasteiger partial charge in [0.05, 0.1) is 9.50 Å². The highest BCUT2D eigenvalue weighted by Gasteiger charge is 2.37. The monoisotopic (exact) mass is 610 g/mol. The molecule has 38 heavy (non-hydrogen) atoms. The summed E-state index contributed by atoms with van der Waals surface area (Å²) >= 11 is 9.66. The Morgan fingerprint density at radius 2 is 1.82 bits per heavy atom. The summed E-state index contributed by atoms with van der Waals surface area (Å²) in [7, 11) is 0. The first-order valence-corrected chi connectivity index (χ1v) is 14.7. The van der Waals surface area contributed by atoms with E-state index in [4.69, 9.17) is 21.3 Å². The topological polar surface area (TPSA) is 73.8 Å². The van der Waals surface area contributed by atoms with E-state index in [0.717, 1.165) is 32.0 Å². The number of piperazine rings is 1. The van der Waals surface area contributed by atoms with Crippen molar-refractivity contribution in [1.82, 2.24) is 19.8 Å². The Labute approximate surface area is 237 Å². The third-order valence-corrected chi connectivity index (χ3v) is 8.92. The number of ether oxygens (including phenoxy) is 1. The molecule has 1 aliphatic carbocycles. The van der Waals surface area contributed by atoms with Crippen LogP contribution in [0.15, 0.2) is 10.5 Å². The molecule has 3 aliphatic rings. The number of nitrogens with one attached hydrogen (secondary N) is 1. The van der Waals surface area contributed by atoms with Gasteiger partial charge in [-0.25, -0.2) is 14.2 Å². The molecule has 1 amide bonds. The van der Waals surface area contributed by atoms with Crippen molar-refractivity contribution in [3.05, 3.63) is 21.4 Å². The highest BCUT2D eigenvalue weighted by Crippen LogP contribution is 2.38. The van der Waals surface area contributed by atoms with Crippen LogP contribution in [0.25, 0.3) is 10.9 Å². The minimum absolute atomic E-state index is 0.0862. The minimum atomic E-state index is -0.572. The molecule has 1 saturated carbocycles. The van der Waals surface area contributed by atoms with Gasteiger partial charge >= 0.3 is 6.09 Å². The second-order valence-corrected chi connectivity index (χ2v) is 13.1. The van der Waals surface area contributed by atoms with Crippen LogP contribution < -0.4 is 10.2 Å². The number of fused-ring (bicyclic) bond motifs is 1.